The first-order valence-electron chi connectivity index (χ1n) is 8.39. The molecular formula is C18H17F3N4O4. The first kappa shape index (κ1) is 20.4. The van der Waals surface area contributed by atoms with E-state index in [0.29, 0.717) is 16.5 Å². The fourth-order valence-electron chi connectivity index (χ4n) is 2.92. The number of fused-ring (bicyclic) bond motifs is 1. The lowest BCUT2D eigenvalue weighted by Crippen LogP contribution is -2.50. The molecule has 3 rings (SSSR count). The van der Waals surface area contributed by atoms with Crippen molar-refractivity contribution >= 4 is 22.8 Å². The van der Waals surface area contributed by atoms with Crippen LogP contribution in [0.2, 0.25) is 0 Å². The number of aromatic nitrogens is 2. The van der Waals surface area contributed by atoms with Crippen molar-refractivity contribution in [2.75, 3.05) is 0 Å². The van der Waals surface area contributed by atoms with Crippen LogP contribution in [-0.4, -0.2) is 32.6 Å². The fraction of sp³-hybridized carbons (Fsp3) is 0.278. The molecule has 1 aromatic carbocycles. The zero-order valence-corrected chi connectivity index (χ0v) is 15.4. The van der Waals surface area contributed by atoms with Crippen LogP contribution in [0.4, 0.5) is 13.2 Å². The number of nitrogens with one attached hydrogen (secondary N) is 2. The van der Waals surface area contributed by atoms with Gasteiger partial charge in [0, 0.05) is 30.4 Å². The van der Waals surface area contributed by atoms with Crippen LogP contribution in [0.1, 0.15) is 28.4 Å². The molecule has 1 unspecified atom stereocenters. The summed E-state index contributed by atoms with van der Waals surface area (Å²) in [4.78, 5) is 27.8. The number of benzene rings is 1. The number of hydrogen-bond acceptors (Lipinski definition) is 5. The molecule has 0 spiro atoms. The van der Waals surface area contributed by atoms with Crippen LogP contribution in [0.3, 0.4) is 0 Å². The zero-order valence-electron chi connectivity index (χ0n) is 15.4. The highest BCUT2D eigenvalue weighted by Crippen LogP contribution is 2.40. The largest absolute Gasteiger partial charge is 0.451 e. The van der Waals surface area contributed by atoms with Crippen molar-refractivity contribution < 1.29 is 32.3 Å². The zero-order chi connectivity index (χ0) is 21.4. The van der Waals surface area contributed by atoms with Crippen molar-refractivity contribution in [2.45, 2.75) is 25.1 Å². The van der Waals surface area contributed by atoms with Crippen LogP contribution < -0.4 is 10.9 Å². The first-order chi connectivity index (χ1) is 13.5. The van der Waals surface area contributed by atoms with Gasteiger partial charge in [0.1, 0.15) is 5.58 Å². The maximum absolute atomic E-state index is 13.5. The third kappa shape index (κ3) is 3.68. The molecule has 0 bridgehead atoms. The lowest BCUT2D eigenvalue weighted by molar-refractivity contribution is -0.271. The lowest BCUT2D eigenvalue weighted by Gasteiger charge is -2.29. The number of alkyl halides is 3. The summed E-state index contributed by atoms with van der Waals surface area (Å²) < 4.78 is 46.7. The number of carbonyl (C=O) groups excluding carboxylic acids is 2. The second kappa shape index (κ2) is 7.24. The van der Waals surface area contributed by atoms with Crippen molar-refractivity contribution in [3.8, 4) is 0 Å². The minimum Gasteiger partial charge on any atom is -0.451 e. The number of aryl methyl sites for hydroxylation is 2. The van der Waals surface area contributed by atoms with E-state index in [4.69, 9.17) is 4.42 Å². The number of hydrazine groups is 1. The van der Waals surface area contributed by atoms with Crippen LogP contribution in [0.5, 0.6) is 0 Å². The number of furan rings is 1. The average molecular weight is 410 g/mol. The van der Waals surface area contributed by atoms with Crippen molar-refractivity contribution in [3.05, 3.63) is 53.8 Å². The standard InChI is InChI=1S/C18H17F3N4O4/c1-10-11-5-3-4-6-12(11)29-14(10)15(27)24-23-13(26)9-17(28,18(19,20)21)16-22-7-8-25(16)2/h3-8,28H,9H2,1-2H3,(H,23,26)(H,24,27). The summed E-state index contributed by atoms with van der Waals surface area (Å²) in [6.07, 6.45) is -4.31. The summed E-state index contributed by atoms with van der Waals surface area (Å²) >= 11 is 0. The Balaban J connectivity index is 1.73. The minimum absolute atomic E-state index is 0.0957. The average Bonchev–Trinajstić information content (AvgIpc) is 3.23. The van der Waals surface area contributed by atoms with Gasteiger partial charge in [-0.3, -0.25) is 20.4 Å². The van der Waals surface area contributed by atoms with Crippen LogP contribution in [0, 0.1) is 6.92 Å². The highest BCUT2D eigenvalue weighted by atomic mass is 19.4. The second-order valence-corrected chi connectivity index (χ2v) is 6.45. The maximum Gasteiger partial charge on any atom is 0.425 e. The molecule has 3 N–H and O–H groups in total. The molecule has 0 aliphatic rings. The van der Waals surface area contributed by atoms with Gasteiger partial charge in [0.25, 0.3) is 0 Å². The fourth-order valence-corrected chi connectivity index (χ4v) is 2.92. The number of imidazole rings is 1. The lowest BCUT2D eigenvalue weighted by atomic mass is 9.97. The van der Waals surface area contributed by atoms with Crippen LogP contribution >= 0.6 is 0 Å². The van der Waals surface area contributed by atoms with Gasteiger partial charge in [0.2, 0.25) is 11.5 Å². The Labute approximate surface area is 162 Å². The highest BCUT2D eigenvalue weighted by Gasteiger charge is 2.58. The highest BCUT2D eigenvalue weighted by molar-refractivity contribution is 5.99. The summed E-state index contributed by atoms with van der Waals surface area (Å²) in [5, 5.41) is 10.9. The van der Waals surface area contributed by atoms with Gasteiger partial charge in [-0.2, -0.15) is 13.2 Å². The third-order valence-corrected chi connectivity index (χ3v) is 4.44. The second-order valence-electron chi connectivity index (χ2n) is 6.45. The van der Waals surface area contributed by atoms with Crippen LogP contribution in [-0.2, 0) is 17.4 Å². The van der Waals surface area contributed by atoms with E-state index in [1.165, 1.54) is 13.2 Å². The molecule has 8 nitrogen and oxygen atoms in total. The Kier molecular flexibility index (Phi) is 5.09. The van der Waals surface area contributed by atoms with Gasteiger partial charge < -0.3 is 14.1 Å². The molecule has 0 saturated carbocycles. The molecule has 2 heterocycles. The molecule has 1 atom stereocenters. The van der Waals surface area contributed by atoms with Gasteiger partial charge in [-0.05, 0) is 13.0 Å². The quantitative estimate of drug-likeness (QED) is 0.571. The molecular weight excluding hydrogens is 393 g/mol. The summed E-state index contributed by atoms with van der Waals surface area (Å²) in [5.74, 6) is -2.96. The summed E-state index contributed by atoms with van der Waals surface area (Å²) in [6.45, 7) is 1.63. The Bertz CT molecular complexity index is 1070. The van der Waals surface area contributed by atoms with Crippen molar-refractivity contribution in [1.82, 2.24) is 20.4 Å². The van der Waals surface area contributed by atoms with E-state index in [0.717, 1.165) is 10.8 Å². The molecule has 2 aromatic heterocycles. The predicted octanol–water partition coefficient (Wildman–Crippen LogP) is 2.08. The van der Waals surface area contributed by atoms with E-state index >= 15 is 0 Å². The Morgan fingerprint density at radius 2 is 1.93 bits per heavy atom. The first-order valence-corrected chi connectivity index (χ1v) is 8.39. The minimum atomic E-state index is -5.18. The number of carbonyl (C=O) groups is 2. The summed E-state index contributed by atoms with van der Waals surface area (Å²) in [7, 11) is 1.25. The van der Waals surface area contributed by atoms with Gasteiger partial charge in [0.15, 0.2) is 11.6 Å². The normalized spacial score (nSPS) is 13.9. The number of amides is 2. The van der Waals surface area contributed by atoms with Gasteiger partial charge >= 0.3 is 12.1 Å². The number of rotatable bonds is 4. The molecule has 0 aliphatic heterocycles. The van der Waals surface area contributed by atoms with Crippen LogP contribution in [0.25, 0.3) is 11.0 Å². The van der Waals surface area contributed by atoms with Crippen molar-refractivity contribution in [3.63, 3.8) is 0 Å². The van der Waals surface area contributed by atoms with E-state index in [-0.39, 0.29) is 5.76 Å². The number of aliphatic hydroxyl groups is 1. The smallest absolute Gasteiger partial charge is 0.425 e. The van der Waals surface area contributed by atoms with E-state index in [2.05, 4.69) is 4.98 Å². The number of para-hydroxylation sites is 1. The van der Waals surface area contributed by atoms with E-state index < -0.39 is 35.8 Å². The molecule has 2 amide bonds. The van der Waals surface area contributed by atoms with Gasteiger partial charge in [-0.15, -0.1) is 0 Å². The Morgan fingerprint density at radius 3 is 2.52 bits per heavy atom. The predicted molar refractivity (Wildman–Crippen MR) is 94.3 cm³/mol. The monoisotopic (exact) mass is 410 g/mol. The van der Waals surface area contributed by atoms with E-state index in [1.807, 2.05) is 10.9 Å². The van der Waals surface area contributed by atoms with Gasteiger partial charge in [-0.25, -0.2) is 4.98 Å². The third-order valence-electron chi connectivity index (χ3n) is 4.44. The Morgan fingerprint density at radius 1 is 1.24 bits per heavy atom. The van der Waals surface area contributed by atoms with E-state index in [1.54, 1.807) is 31.2 Å². The summed E-state index contributed by atoms with van der Waals surface area (Å²) in [5.41, 5.74) is 1.28. The van der Waals surface area contributed by atoms with E-state index in [9.17, 15) is 27.9 Å². The molecule has 0 saturated heterocycles. The SMILES string of the molecule is Cc1c(C(=O)NNC(=O)CC(O)(c2nccn2C)C(F)(F)F)oc2ccccc12. The van der Waals surface area contributed by atoms with Crippen molar-refractivity contribution in [2.24, 2.45) is 7.05 Å². The molecule has 154 valence electrons. The van der Waals surface area contributed by atoms with Crippen molar-refractivity contribution in [1.29, 1.82) is 0 Å². The number of hydrogen-bond donors (Lipinski definition) is 3. The molecule has 0 radical (unpaired) electrons. The summed E-state index contributed by atoms with van der Waals surface area (Å²) in [6, 6.07) is 6.85. The van der Waals surface area contributed by atoms with Gasteiger partial charge in [0.05, 0.1) is 6.42 Å². The number of nitrogens with zero attached hydrogens (tertiary/aromatic N) is 2. The maximum atomic E-state index is 13.5. The topological polar surface area (TPSA) is 109 Å². The molecule has 0 fully saturated rings. The van der Waals surface area contributed by atoms with Gasteiger partial charge in [-0.1, -0.05) is 18.2 Å². The molecule has 11 heteroatoms. The Hall–Kier alpha value is -3.34. The van der Waals surface area contributed by atoms with Crippen LogP contribution in [0.15, 0.2) is 41.1 Å². The molecule has 29 heavy (non-hydrogen) atoms. The number of halogens is 3. The molecule has 0 aliphatic carbocycles. The molecule has 3 aromatic rings.